The number of benzene rings is 2. The van der Waals surface area contributed by atoms with Crippen LogP contribution < -0.4 is 4.90 Å². The number of hydrogen-bond acceptors (Lipinski definition) is 2. The molecule has 1 atom stereocenters. The molecule has 2 heteroatoms. The monoisotopic (exact) mass is 348 g/mol. The van der Waals surface area contributed by atoms with E-state index in [4.69, 9.17) is 4.99 Å². The van der Waals surface area contributed by atoms with Crippen LogP contribution in [0.25, 0.3) is 0 Å². The topological polar surface area (TPSA) is 15.6 Å². The van der Waals surface area contributed by atoms with Gasteiger partial charge < -0.3 is 4.90 Å². The van der Waals surface area contributed by atoms with E-state index in [2.05, 4.69) is 82.8 Å². The molecule has 1 aliphatic rings. The van der Waals surface area contributed by atoms with E-state index in [1.807, 2.05) is 6.21 Å². The van der Waals surface area contributed by atoms with Crippen LogP contribution in [0.5, 0.6) is 0 Å². The molecule has 0 amide bonds. The highest BCUT2D eigenvalue weighted by Gasteiger charge is 2.35. The number of aliphatic imine (C=N–C) groups is 1. The van der Waals surface area contributed by atoms with Crippen LogP contribution in [0.4, 0.5) is 11.4 Å². The van der Waals surface area contributed by atoms with Gasteiger partial charge in [-0.1, -0.05) is 26.0 Å². The normalized spacial score (nSPS) is 19.0. The third-order valence-electron chi connectivity index (χ3n) is 5.79. The Balaban J connectivity index is 1.95. The minimum atomic E-state index is 0.213. The second-order valence-electron chi connectivity index (χ2n) is 8.21. The fraction of sp³-hybridized carbons (Fsp3) is 0.458. The molecule has 3 rings (SSSR count). The van der Waals surface area contributed by atoms with E-state index in [1.54, 1.807) is 0 Å². The second kappa shape index (κ2) is 7.26. The number of anilines is 1. The third-order valence-corrected chi connectivity index (χ3v) is 5.79. The standard InChI is InChI=1S/C24H32N2/c1-7-19-9-11-21(12-10-19)25-16-20-14-22-18(4)15-24(5,6)26(8-2)23(22)13-17(20)3/h9-14,16,18H,7-8,15H2,1-6H3/t18-/m0/s1. The van der Waals surface area contributed by atoms with Crippen LogP contribution in [-0.4, -0.2) is 18.3 Å². The largest absolute Gasteiger partial charge is 0.366 e. The van der Waals surface area contributed by atoms with Crippen molar-refractivity contribution < 1.29 is 0 Å². The molecular formula is C24H32N2. The van der Waals surface area contributed by atoms with Crippen molar-refractivity contribution in [3.63, 3.8) is 0 Å². The lowest BCUT2D eigenvalue weighted by Crippen LogP contribution is -2.48. The summed E-state index contributed by atoms with van der Waals surface area (Å²) in [5.74, 6) is 0.569. The van der Waals surface area contributed by atoms with E-state index in [0.717, 1.165) is 18.7 Å². The second-order valence-corrected chi connectivity index (χ2v) is 8.21. The Morgan fingerprint density at radius 1 is 1.15 bits per heavy atom. The van der Waals surface area contributed by atoms with Crippen molar-refractivity contribution >= 4 is 17.6 Å². The minimum Gasteiger partial charge on any atom is -0.366 e. The molecule has 0 bridgehead atoms. The predicted octanol–water partition coefficient (Wildman–Crippen LogP) is 6.42. The van der Waals surface area contributed by atoms with Gasteiger partial charge in [-0.25, -0.2) is 0 Å². The average Bonchev–Trinajstić information content (AvgIpc) is 2.60. The molecule has 138 valence electrons. The predicted molar refractivity (Wildman–Crippen MR) is 114 cm³/mol. The first-order chi connectivity index (χ1) is 12.4. The van der Waals surface area contributed by atoms with Crippen LogP contribution in [0, 0.1) is 6.92 Å². The summed E-state index contributed by atoms with van der Waals surface area (Å²) in [5.41, 5.74) is 7.96. The summed E-state index contributed by atoms with van der Waals surface area (Å²) >= 11 is 0. The van der Waals surface area contributed by atoms with Crippen molar-refractivity contribution in [2.45, 2.75) is 65.8 Å². The lowest BCUT2D eigenvalue weighted by molar-refractivity contribution is 0.381. The number of fused-ring (bicyclic) bond motifs is 1. The molecule has 0 aromatic heterocycles. The van der Waals surface area contributed by atoms with Gasteiger partial charge in [-0.05, 0) is 93.0 Å². The molecule has 0 N–H and O–H groups in total. The molecule has 0 aliphatic carbocycles. The molecular weight excluding hydrogens is 316 g/mol. The van der Waals surface area contributed by atoms with Gasteiger partial charge in [0.05, 0.1) is 5.69 Å². The van der Waals surface area contributed by atoms with Gasteiger partial charge in [0, 0.05) is 24.0 Å². The summed E-state index contributed by atoms with van der Waals surface area (Å²) in [6.07, 6.45) is 4.28. The summed E-state index contributed by atoms with van der Waals surface area (Å²) < 4.78 is 0. The zero-order chi connectivity index (χ0) is 18.9. The molecule has 1 aliphatic heterocycles. The minimum absolute atomic E-state index is 0.213. The van der Waals surface area contributed by atoms with Crippen molar-refractivity contribution in [2.75, 3.05) is 11.4 Å². The Morgan fingerprint density at radius 3 is 2.46 bits per heavy atom. The molecule has 0 unspecified atom stereocenters. The maximum Gasteiger partial charge on any atom is 0.0630 e. The molecule has 2 aromatic rings. The third kappa shape index (κ3) is 3.56. The molecule has 0 saturated heterocycles. The molecule has 0 saturated carbocycles. The van der Waals surface area contributed by atoms with Gasteiger partial charge in [-0.2, -0.15) is 0 Å². The summed E-state index contributed by atoms with van der Waals surface area (Å²) in [6.45, 7) is 14.8. The Labute approximate surface area is 159 Å². The Kier molecular flexibility index (Phi) is 5.22. The number of aryl methyl sites for hydroxylation is 2. The van der Waals surface area contributed by atoms with Gasteiger partial charge in [-0.15, -0.1) is 0 Å². The maximum atomic E-state index is 4.72. The van der Waals surface area contributed by atoms with Crippen molar-refractivity contribution in [2.24, 2.45) is 4.99 Å². The molecule has 0 spiro atoms. The zero-order valence-electron chi connectivity index (χ0n) is 17.1. The van der Waals surface area contributed by atoms with E-state index in [0.29, 0.717) is 5.92 Å². The van der Waals surface area contributed by atoms with E-state index < -0.39 is 0 Å². The fourth-order valence-corrected chi connectivity index (χ4v) is 4.35. The highest BCUT2D eigenvalue weighted by molar-refractivity contribution is 5.86. The first-order valence-electron chi connectivity index (χ1n) is 9.91. The number of nitrogens with zero attached hydrogens (tertiary/aromatic N) is 2. The summed E-state index contributed by atoms with van der Waals surface area (Å²) in [5, 5.41) is 0. The Bertz CT molecular complexity index is 800. The SMILES string of the molecule is CCc1ccc(N=Cc2cc3c(cc2C)N(CC)C(C)(C)C[C@@H]3C)cc1. The van der Waals surface area contributed by atoms with Gasteiger partial charge in [0.2, 0.25) is 0 Å². The first-order valence-corrected chi connectivity index (χ1v) is 9.91. The Hall–Kier alpha value is -2.09. The van der Waals surface area contributed by atoms with E-state index >= 15 is 0 Å². The van der Waals surface area contributed by atoms with Gasteiger partial charge >= 0.3 is 0 Å². The van der Waals surface area contributed by atoms with Crippen molar-refractivity contribution in [3.05, 3.63) is 58.7 Å². The fourth-order valence-electron chi connectivity index (χ4n) is 4.35. The van der Waals surface area contributed by atoms with Gasteiger partial charge in [0.25, 0.3) is 0 Å². The maximum absolute atomic E-state index is 4.72. The summed E-state index contributed by atoms with van der Waals surface area (Å²) in [4.78, 5) is 7.27. The van der Waals surface area contributed by atoms with Crippen LogP contribution in [0.3, 0.4) is 0 Å². The molecule has 0 fully saturated rings. The number of hydrogen-bond donors (Lipinski definition) is 0. The van der Waals surface area contributed by atoms with Crippen LogP contribution in [0.15, 0.2) is 41.4 Å². The van der Waals surface area contributed by atoms with E-state index in [9.17, 15) is 0 Å². The summed E-state index contributed by atoms with van der Waals surface area (Å²) in [6, 6.07) is 13.3. The van der Waals surface area contributed by atoms with Gasteiger partial charge in [0.1, 0.15) is 0 Å². The lowest BCUT2D eigenvalue weighted by atomic mass is 9.79. The average molecular weight is 349 g/mol. The number of rotatable bonds is 4. The van der Waals surface area contributed by atoms with E-state index in [1.165, 1.54) is 34.4 Å². The molecule has 0 radical (unpaired) electrons. The highest BCUT2D eigenvalue weighted by Crippen LogP contribution is 2.44. The van der Waals surface area contributed by atoms with E-state index in [-0.39, 0.29) is 5.54 Å². The molecule has 1 heterocycles. The van der Waals surface area contributed by atoms with Gasteiger partial charge in [-0.3, -0.25) is 4.99 Å². The zero-order valence-corrected chi connectivity index (χ0v) is 17.1. The van der Waals surface area contributed by atoms with Crippen LogP contribution in [0.1, 0.15) is 69.2 Å². The quantitative estimate of drug-likeness (QED) is 0.582. The first kappa shape index (κ1) is 18.7. The van der Waals surface area contributed by atoms with Crippen molar-refractivity contribution in [3.8, 4) is 0 Å². The smallest absolute Gasteiger partial charge is 0.0630 e. The van der Waals surface area contributed by atoms with Crippen LogP contribution in [-0.2, 0) is 6.42 Å². The highest BCUT2D eigenvalue weighted by atomic mass is 15.2. The molecule has 2 nitrogen and oxygen atoms in total. The summed E-state index contributed by atoms with van der Waals surface area (Å²) in [7, 11) is 0. The lowest BCUT2D eigenvalue weighted by Gasteiger charge is -2.47. The molecule has 2 aromatic carbocycles. The van der Waals surface area contributed by atoms with Crippen LogP contribution >= 0.6 is 0 Å². The van der Waals surface area contributed by atoms with Crippen molar-refractivity contribution in [1.82, 2.24) is 0 Å². The Morgan fingerprint density at radius 2 is 1.85 bits per heavy atom. The van der Waals surface area contributed by atoms with Gasteiger partial charge in [0.15, 0.2) is 0 Å². The van der Waals surface area contributed by atoms with Crippen LogP contribution in [0.2, 0.25) is 0 Å². The van der Waals surface area contributed by atoms with Crippen molar-refractivity contribution in [1.29, 1.82) is 0 Å². The molecule has 26 heavy (non-hydrogen) atoms.